The number of azide groups is 1. The summed E-state index contributed by atoms with van der Waals surface area (Å²) in [6.45, 7) is 2.28. The number of nitrogens with zero attached hydrogens (tertiary/aromatic N) is 4. The van der Waals surface area contributed by atoms with Gasteiger partial charge in [0.25, 0.3) is 5.56 Å². The number of esters is 1. The molecule has 1 saturated heterocycles. The van der Waals surface area contributed by atoms with Crippen LogP contribution in [0.2, 0.25) is 0 Å². The van der Waals surface area contributed by atoms with E-state index < -0.39 is 60.0 Å². The fraction of sp³-hybridized carbons (Fsp3) is 0.667. The molecule has 1 aliphatic heterocycles. The number of hydrogen-bond acceptors (Lipinski definition) is 9. The number of carbonyl (C=O) groups is 1. The van der Waals surface area contributed by atoms with Crippen LogP contribution in [0.15, 0.2) is 20.9 Å². The summed E-state index contributed by atoms with van der Waals surface area (Å²) in [5.74, 6) is -0.802. The molecule has 0 bridgehead atoms. The van der Waals surface area contributed by atoms with Gasteiger partial charge in [0.2, 0.25) is 0 Å². The van der Waals surface area contributed by atoms with E-state index in [0.717, 1.165) is 11.7 Å². The first-order valence-electron chi connectivity index (χ1n) is 9.18. The SMILES string of the molecule is COC(=O)[C@H](C)NP(=O)(OC[C@H]1O[C@@H](n2cc(C)c(=O)[nH]c2=O)C[C@@H]1N=[N+]=[N-])OC(Cl)(Cl)Cl. The summed E-state index contributed by atoms with van der Waals surface area (Å²) in [4.78, 5) is 40.3. The quantitative estimate of drug-likeness (QED) is 0.116. The minimum Gasteiger partial charge on any atom is -0.468 e. The third-order valence-electron chi connectivity index (χ3n) is 4.40. The van der Waals surface area contributed by atoms with Gasteiger partial charge < -0.3 is 9.47 Å². The number of nitrogens with one attached hydrogen (secondary N) is 2. The minimum absolute atomic E-state index is 0.0328. The fourth-order valence-corrected chi connectivity index (χ4v) is 5.08. The molecule has 184 valence electrons. The van der Waals surface area contributed by atoms with E-state index in [0.29, 0.717) is 0 Å². The summed E-state index contributed by atoms with van der Waals surface area (Å²) in [5.41, 5.74) is 7.83. The molecule has 0 amide bonds. The van der Waals surface area contributed by atoms with E-state index in [1.165, 1.54) is 20.0 Å². The second-order valence-electron chi connectivity index (χ2n) is 6.82. The van der Waals surface area contributed by atoms with Gasteiger partial charge in [-0.25, -0.2) is 19.0 Å². The molecule has 1 aliphatic rings. The maximum Gasteiger partial charge on any atom is 0.409 e. The van der Waals surface area contributed by atoms with Crippen molar-refractivity contribution < 1.29 is 27.9 Å². The van der Waals surface area contributed by atoms with Crippen molar-refractivity contribution in [1.29, 1.82) is 0 Å². The van der Waals surface area contributed by atoms with Gasteiger partial charge in [0.15, 0.2) is 0 Å². The van der Waals surface area contributed by atoms with Crippen molar-refractivity contribution in [3.8, 4) is 0 Å². The van der Waals surface area contributed by atoms with Crippen molar-refractivity contribution in [2.75, 3.05) is 13.7 Å². The molecular formula is C15H20Cl3N6O8P. The van der Waals surface area contributed by atoms with Gasteiger partial charge in [-0.1, -0.05) is 39.9 Å². The van der Waals surface area contributed by atoms with Crippen LogP contribution >= 0.6 is 42.5 Å². The molecule has 0 aliphatic carbocycles. The number of halogens is 3. The maximum atomic E-state index is 13.1. The second kappa shape index (κ2) is 11.2. The van der Waals surface area contributed by atoms with Gasteiger partial charge in [0, 0.05) is 23.1 Å². The van der Waals surface area contributed by atoms with E-state index in [1.54, 1.807) is 0 Å². The Bertz CT molecular complexity index is 1080. The lowest BCUT2D eigenvalue weighted by Gasteiger charge is -2.26. The number of aryl methyl sites for hydroxylation is 1. The van der Waals surface area contributed by atoms with Gasteiger partial charge in [-0.3, -0.25) is 23.7 Å². The van der Waals surface area contributed by atoms with Crippen molar-refractivity contribution in [3.05, 3.63) is 43.0 Å². The Morgan fingerprint density at radius 3 is 2.76 bits per heavy atom. The molecule has 2 N–H and O–H groups in total. The zero-order valence-corrected chi connectivity index (χ0v) is 20.6. The summed E-state index contributed by atoms with van der Waals surface area (Å²) in [7, 11) is -3.34. The van der Waals surface area contributed by atoms with Crippen molar-refractivity contribution >= 4 is 48.5 Å². The topological polar surface area (TPSA) is 187 Å². The predicted octanol–water partition coefficient (Wildman–Crippen LogP) is 2.43. The van der Waals surface area contributed by atoms with Crippen LogP contribution in [-0.4, -0.2) is 51.4 Å². The third kappa shape index (κ3) is 7.71. The van der Waals surface area contributed by atoms with E-state index in [4.69, 9.17) is 54.1 Å². The zero-order valence-electron chi connectivity index (χ0n) is 17.4. The molecule has 0 radical (unpaired) electrons. The van der Waals surface area contributed by atoms with Crippen molar-refractivity contribution in [1.82, 2.24) is 14.6 Å². The molecule has 1 fully saturated rings. The number of aromatic amines is 1. The summed E-state index contributed by atoms with van der Waals surface area (Å²) in [6.07, 6.45) is -0.635. The molecule has 18 heteroatoms. The van der Waals surface area contributed by atoms with Crippen LogP contribution in [0.3, 0.4) is 0 Å². The van der Waals surface area contributed by atoms with Crippen LogP contribution in [0.5, 0.6) is 0 Å². The number of ether oxygens (including phenoxy) is 2. The molecule has 5 atom stereocenters. The Morgan fingerprint density at radius 1 is 1.52 bits per heavy atom. The third-order valence-corrected chi connectivity index (χ3v) is 6.66. The van der Waals surface area contributed by atoms with Crippen LogP contribution < -0.4 is 16.3 Å². The molecule has 1 aromatic heterocycles. The number of methoxy groups -OCH3 is 1. The lowest BCUT2D eigenvalue weighted by Crippen LogP contribution is -2.36. The molecule has 2 rings (SSSR count). The Hall–Kier alpha value is -1.60. The number of aromatic nitrogens is 2. The molecule has 1 unspecified atom stereocenters. The predicted molar refractivity (Wildman–Crippen MR) is 117 cm³/mol. The zero-order chi connectivity index (χ0) is 25.0. The van der Waals surface area contributed by atoms with Crippen LogP contribution in [-0.2, 0) is 27.9 Å². The first-order chi connectivity index (χ1) is 15.3. The summed E-state index contributed by atoms with van der Waals surface area (Å²) < 4.78 is 32.2. The van der Waals surface area contributed by atoms with Crippen molar-refractivity contribution in [2.24, 2.45) is 5.11 Å². The van der Waals surface area contributed by atoms with Gasteiger partial charge in [0.1, 0.15) is 12.3 Å². The summed E-state index contributed by atoms with van der Waals surface area (Å²) in [5, 5.41) is 5.88. The molecular weight excluding hydrogens is 530 g/mol. The molecule has 0 saturated carbocycles. The summed E-state index contributed by atoms with van der Waals surface area (Å²) in [6, 6.07) is -2.04. The normalized spacial score (nSPS) is 23.4. The highest BCUT2D eigenvalue weighted by atomic mass is 35.6. The number of rotatable bonds is 9. The molecule has 33 heavy (non-hydrogen) atoms. The highest BCUT2D eigenvalue weighted by Crippen LogP contribution is 2.52. The minimum atomic E-state index is -4.46. The monoisotopic (exact) mass is 548 g/mol. The lowest BCUT2D eigenvalue weighted by molar-refractivity contribution is -0.142. The number of H-pyrrole nitrogens is 1. The van der Waals surface area contributed by atoms with E-state index in [1.807, 2.05) is 0 Å². The average molecular weight is 550 g/mol. The standard InChI is InChI=1S/C15H20Cl3N6O8P/c1-7-5-24(14(27)20-12(7)25)11-4-9(21-23-19)10(31-11)6-30-33(28,32-15(16,17)18)22-8(2)13(26)29-3/h5,8-11H,4,6H2,1-3H3,(H,22,28)(H,20,25,27)/t8-,9-,10+,11+,33?/m0/s1. The molecule has 1 aromatic rings. The Balaban J connectivity index is 2.24. The van der Waals surface area contributed by atoms with Gasteiger partial charge in [-0.2, -0.15) is 0 Å². The number of alkyl halides is 3. The highest BCUT2D eigenvalue weighted by molar-refractivity contribution is 7.52. The fourth-order valence-electron chi connectivity index (χ4n) is 2.89. The summed E-state index contributed by atoms with van der Waals surface area (Å²) >= 11 is 16.7. The molecule has 2 heterocycles. The van der Waals surface area contributed by atoms with E-state index in [2.05, 4.69) is 24.8 Å². The Kier molecular flexibility index (Phi) is 9.40. The molecule has 14 nitrogen and oxygen atoms in total. The average Bonchev–Trinajstić information content (AvgIpc) is 3.10. The van der Waals surface area contributed by atoms with Gasteiger partial charge >= 0.3 is 23.4 Å². The maximum absolute atomic E-state index is 13.1. The van der Waals surface area contributed by atoms with Crippen LogP contribution in [0, 0.1) is 6.92 Å². The smallest absolute Gasteiger partial charge is 0.409 e. The number of hydrogen-bond donors (Lipinski definition) is 2. The van der Waals surface area contributed by atoms with Gasteiger partial charge in [-0.15, -0.1) is 0 Å². The van der Waals surface area contributed by atoms with Crippen LogP contribution in [0.1, 0.15) is 25.1 Å². The second-order valence-corrected chi connectivity index (χ2v) is 10.7. The van der Waals surface area contributed by atoms with Gasteiger partial charge in [0.05, 0.1) is 25.9 Å². The highest BCUT2D eigenvalue weighted by Gasteiger charge is 2.42. The van der Waals surface area contributed by atoms with Crippen molar-refractivity contribution in [3.63, 3.8) is 0 Å². The van der Waals surface area contributed by atoms with E-state index in [-0.39, 0.29) is 12.0 Å². The first-order valence-corrected chi connectivity index (χ1v) is 11.9. The Labute approximate surface area is 201 Å². The van der Waals surface area contributed by atoms with Gasteiger partial charge in [-0.05, 0) is 19.4 Å². The van der Waals surface area contributed by atoms with Crippen molar-refractivity contribution in [2.45, 2.75) is 48.7 Å². The molecule has 0 aromatic carbocycles. The Morgan fingerprint density at radius 2 is 2.18 bits per heavy atom. The molecule has 0 spiro atoms. The largest absolute Gasteiger partial charge is 0.468 e. The van der Waals surface area contributed by atoms with Crippen LogP contribution in [0.4, 0.5) is 0 Å². The lowest BCUT2D eigenvalue weighted by atomic mass is 10.1. The van der Waals surface area contributed by atoms with E-state index in [9.17, 15) is 18.9 Å². The number of carbonyl (C=O) groups excluding carboxylic acids is 1. The van der Waals surface area contributed by atoms with Crippen LogP contribution in [0.25, 0.3) is 10.4 Å². The van der Waals surface area contributed by atoms with E-state index >= 15 is 0 Å². The first kappa shape index (κ1) is 27.6.